The Balaban J connectivity index is 1.58. The molecule has 2 atom stereocenters. The first-order valence-corrected chi connectivity index (χ1v) is 14.7. The SMILES string of the molecule is C=CCC(NC(=O)N1C(=O)C(CC)(CC)C1Oc1ccccc1CC(=O)OCc1ccccc1)(OCC)c1ccccc1. The Kier molecular flexibility index (Phi) is 10.4. The smallest absolute Gasteiger partial charge is 0.329 e. The molecule has 8 heteroatoms. The van der Waals surface area contributed by atoms with Crippen molar-refractivity contribution in [2.75, 3.05) is 6.61 Å². The van der Waals surface area contributed by atoms with Gasteiger partial charge in [0.1, 0.15) is 17.8 Å². The average molecular weight is 585 g/mol. The zero-order chi connectivity index (χ0) is 30.9. The maximum atomic E-state index is 13.9. The summed E-state index contributed by atoms with van der Waals surface area (Å²) in [4.78, 5) is 41.4. The number of amides is 3. The van der Waals surface area contributed by atoms with Crippen LogP contribution in [0, 0.1) is 5.41 Å². The van der Waals surface area contributed by atoms with Crippen molar-refractivity contribution >= 4 is 17.9 Å². The van der Waals surface area contributed by atoms with Crippen LogP contribution in [0.1, 0.15) is 56.7 Å². The molecule has 1 heterocycles. The van der Waals surface area contributed by atoms with Gasteiger partial charge in [0.25, 0.3) is 0 Å². The second-order valence-corrected chi connectivity index (χ2v) is 10.5. The Hall–Kier alpha value is -4.43. The minimum absolute atomic E-state index is 0.0259. The number of imide groups is 1. The van der Waals surface area contributed by atoms with E-state index < -0.39 is 29.4 Å². The summed E-state index contributed by atoms with van der Waals surface area (Å²) in [6.45, 7) is 10.0. The predicted octanol–water partition coefficient (Wildman–Crippen LogP) is 6.50. The standard InChI is InChI=1S/C35H40N2O6/c1-5-23-35(42-8-4,28-20-13-10-14-21-28)36-33(40)37-31(39)34(6-2,7-3)32(37)43-29-22-16-15-19-27(29)24-30(38)41-25-26-17-11-9-12-18-26/h5,9-22,32H,1,6-8,23-25H2,2-4H3,(H,36,40). The Morgan fingerprint density at radius 2 is 1.58 bits per heavy atom. The van der Waals surface area contributed by atoms with E-state index in [9.17, 15) is 14.4 Å². The fourth-order valence-corrected chi connectivity index (χ4v) is 5.54. The van der Waals surface area contributed by atoms with Gasteiger partial charge in [0.2, 0.25) is 5.91 Å². The highest BCUT2D eigenvalue weighted by Crippen LogP contribution is 2.47. The van der Waals surface area contributed by atoms with Crippen LogP contribution in [-0.2, 0) is 37.8 Å². The van der Waals surface area contributed by atoms with Crippen LogP contribution in [0.15, 0.2) is 97.6 Å². The first-order valence-electron chi connectivity index (χ1n) is 14.7. The number of esters is 1. The number of benzene rings is 3. The number of hydrogen-bond acceptors (Lipinski definition) is 6. The van der Waals surface area contributed by atoms with Crippen molar-refractivity contribution in [2.45, 2.75) is 65.0 Å². The number of hydrogen-bond donors (Lipinski definition) is 1. The van der Waals surface area contributed by atoms with E-state index in [1.165, 1.54) is 0 Å². The zero-order valence-corrected chi connectivity index (χ0v) is 25.1. The summed E-state index contributed by atoms with van der Waals surface area (Å²) < 4.78 is 18.1. The molecule has 3 aromatic rings. The monoisotopic (exact) mass is 584 g/mol. The maximum Gasteiger partial charge on any atom is 0.329 e. The van der Waals surface area contributed by atoms with Gasteiger partial charge < -0.3 is 19.5 Å². The van der Waals surface area contributed by atoms with E-state index in [-0.39, 0.29) is 25.4 Å². The number of ether oxygens (including phenoxy) is 3. The lowest BCUT2D eigenvalue weighted by Gasteiger charge is -2.54. The molecule has 0 spiro atoms. The van der Waals surface area contributed by atoms with Crippen molar-refractivity contribution < 1.29 is 28.6 Å². The van der Waals surface area contributed by atoms with E-state index in [2.05, 4.69) is 11.9 Å². The van der Waals surface area contributed by atoms with Crippen molar-refractivity contribution in [1.82, 2.24) is 10.2 Å². The number of nitrogens with zero attached hydrogens (tertiary/aromatic N) is 1. The molecule has 1 N–H and O–H groups in total. The molecule has 1 fully saturated rings. The molecule has 3 amide bonds. The van der Waals surface area contributed by atoms with Crippen molar-refractivity contribution in [3.63, 3.8) is 0 Å². The second kappa shape index (κ2) is 14.2. The number of carbonyl (C=O) groups excluding carboxylic acids is 3. The van der Waals surface area contributed by atoms with Crippen LogP contribution in [0.2, 0.25) is 0 Å². The lowest BCUT2D eigenvalue weighted by molar-refractivity contribution is -0.192. The topological polar surface area (TPSA) is 94.2 Å². The largest absolute Gasteiger partial charge is 0.468 e. The lowest BCUT2D eigenvalue weighted by Crippen LogP contribution is -2.74. The van der Waals surface area contributed by atoms with Gasteiger partial charge in [-0.3, -0.25) is 9.59 Å². The van der Waals surface area contributed by atoms with E-state index >= 15 is 0 Å². The summed E-state index contributed by atoms with van der Waals surface area (Å²) in [5, 5.41) is 2.98. The molecule has 0 radical (unpaired) electrons. The molecule has 3 aromatic carbocycles. The van der Waals surface area contributed by atoms with Crippen LogP contribution in [0.3, 0.4) is 0 Å². The highest BCUT2D eigenvalue weighted by atomic mass is 16.5. The number of urea groups is 1. The molecule has 1 aliphatic heterocycles. The maximum absolute atomic E-state index is 13.9. The average Bonchev–Trinajstić information content (AvgIpc) is 3.02. The normalized spacial score (nSPS) is 16.9. The molecule has 1 saturated heterocycles. The second-order valence-electron chi connectivity index (χ2n) is 10.5. The summed E-state index contributed by atoms with van der Waals surface area (Å²) in [6.07, 6.45) is 1.98. The summed E-state index contributed by atoms with van der Waals surface area (Å²) in [5.74, 6) is -0.326. The number of para-hydroxylation sites is 1. The zero-order valence-electron chi connectivity index (χ0n) is 25.1. The number of β-lactam (4-membered cyclic amide) rings is 1. The molecule has 43 heavy (non-hydrogen) atoms. The molecule has 4 rings (SSSR count). The molecule has 0 saturated carbocycles. The first-order chi connectivity index (χ1) is 20.8. The fraction of sp³-hybridized carbons (Fsp3) is 0.343. The molecule has 1 aliphatic rings. The van der Waals surface area contributed by atoms with Crippen molar-refractivity contribution in [3.8, 4) is 5.75 Å². The number of carbonyl (C=O) groups is 3. The van der Waals surface area contributed by atoms with Crippen LogP contribution in [0.25, 0.3) is 0 Å². The quantitative estimate of drug-likeness (QED) is 0.101. The van der Waals surface area contributed by atoms with Crippen LogP contribution in [0.4, 0.5) is 4.79 Å². The first kappa shape index (κ1) is 31.5. The molecule has 226 valence electrons. The van der Waals surface area contributed by atoms with Gasteiger partial charge in [-0.1, -0.05) is 98.8 Å². The van der Waals surface area contributed by atoms with Crippen LogP contribution in [0.5, 0.6) is 5.75 Å². The molecular formula is C35H40N2O6. The third-order valence-electron chi connectivity index (χ3n) is 7.99. The van der Waals surface area contributed by atoms with Gasteiger partial charge >= 0.3 is 12.0 Å². The highest BCUT2D eigenvalue weighted by Gasteiger charge is 2.63. The minimum atomic E-state index is -1.23. The van der Waals surface area contributed by atoms with Gasteiger partial charge in [0.05, 0.1) is 6.42 Å². The van der Waals surface area contributed by atoms with E-state index in [1.807, 2.05) is 87.5 Å². The predicted molar refractivity (Wildman–Crippen MR) is 164 cm³/mol. The highest BCUT2D eigenvalue weighted by molar-refractivity contribution is 6.03. The third kappa shape index (κ3) is 6.65. The van der Waals surface area contributed by atoms with Crippen molar-refractivity contribution in [1.29, 1.82) is 0 Å². The van der Waals surface area contributed by atoms with Gasteiger partial charge in [0.15, 0.2) is 12.0 Å². The summed E-state index contributed by atoms with van der Waals surface area (Å²) in [7, 11) is 0. The summed E-state index contributed by atoms with van der Waals surface area (Å²) in [6, 6.07) is 25.3. The number of rotatable bonds is 14. The Bertz CT molecular complexity index is 1410. The van der Waals surface area contributed by atoms with Crippen LogP contribution in [-0.4, -0.2) is 35.6 Å². The molecular weight excluding hydrogens is 544 g/mol. The lowest BCUT2D eigenvalue weighted by atomic mass is 9.72. The summed E-state index contributed by atoms with van der Waals surface area (Å²) >= 11 is 0. The van der Waals surface area contributed by atoms with Crippen molar-refractivity contribution in [3.05, 3.63) is 114 Å². The van der Waals surface area contributed by atoms with E-state index in [4.69, 9.17) is 14.2 Å². The molecule has 0 aromatic heterocycles. The van der Waals surface area contributed by atoms with E-state index in [0.29, 0.717) is 30.8 Å². The minimum Gasteiger partial charge on any atom is -0.468 e. The Morgan fingerprint density at radius 1 is 0.953 bits per heavy atom. The van der Waals surface area contributed by atoms with Gasteiger partial charge in [-0.2, -0.15) is 0 Å². The molecule has 0 bridgehead atoms. The van der Waals surface area contributed by atoms with Crippen molar-refractivity contribution in [2.24, 2.45) is 5.41 Å². The number of nitrogens with one attached hydrogen (secondary N) is 1. The fourth-order valence-electron chi connectivity index (χ4n) is 5.54. The third-order valence-corrected chi connectivity index (χ3v) is 7.99. The van der Waals surface area contributed by atoms with E-state index in [1.54, 1.807) is 24.3 Å². The van der Waals surface area contributed by atoms with Gasteiger partial charge in [0, 0.05) is 24.2 Å². The molecule has 8 nitrogen and oxygen atoms in total. The van der Waals surface area contributed by atoms with Gasteiger partial charge in [-0.05, 0) is 31.4 Å². The number of likely N-dealkylation sites (tertiary alicyclic amines) is 1. The van der Waals surface area contributed by atoms with Crippen LogP contribution >= 0.6 is 0 Å². The van der Waals surface area contributed by atoms with Crippen LogP contribution < -0.4 is 10.1 Å². The Labute approximate surface area is 253 Å². The van der Waals surface area contributed by atoms with Gasteiger partial charge in [-0.25, -0.2) is 9.69 Å². The Morgan fingerprint density at radius 3 is 2.21 bits per heavy atom. The molecule has 0 aliphatic carbocycles. The van der Waals surface area contributed by atoms with Gasteiger partial charge in [-0.15, -0.1) is 6.58 Å². The summed E-state index contributed by atoms with van der Waals surface area (Å²) in [5.41, 5.74) is 0.0861. The molecule has 2 unspecified atom stereocenters. The van der Waals surface area contributed by atoms with E-state index in [0.717, 1.165) is 16.0 Å².